The number of ether oxygens (including phenoxy) is 1. The first-order chi connectivity index (χ1) is 6.74. The number of methoxy groups -OCH3 is 1. The molecule has 14 heavy (non-hydrogen) atoms. The number of rotatable bonds is 1. The van der Waals surface area contributed by atoms with Crippen LogP contribution in [0.2, 0.25) is 0 Å². The second kappa shape index (κ2) is 3.14. The molecule has 0 radical (unpaired) electrons. The molecule has 0 aliphatic carbocycles. The van der Waals surface area contributed by atoms with Crippen LogP contribution in [0, 0.1) is 6.92 Å². The van der Waals surface area contributed by atoms with Crippen molar-refractivity contribution in [1.29, 1.82) is 0 Å². The van der Waals surface area contributed by atoms with E-state index in [0.29, 0.717) is 5.56 Å². The zero-order valence-electron chi connectivity index (χ0n) is 8.02. The predicted octanol–water partition coefficient (Wildman–Crippen LogP) is 1.43. The molecule has 4 nitrogen and oxygen atoms in total. The van der Waals surface area contributed by atoms with Crippen molar-refractivity contribution in [3.05, 3.63) is 35.7 Å². The van der Waals surface area contributed by atoms with E-state index < -0.39 is 0 Å². The lowest BCUT2D eigenvalue weighted by Gasteiger charge is -1.99. The maximum absolute atomic E-state index is 11.4. The molecule has 0 aromatic carbocycles. The minimum Gasteiger partial charge on any atom is -0.465 e. The topological polar surface area (TPSA) is 43.6 Å². The molecule has 0 spiro atoms. The Bertz CT molecular complexity index is 488. The first kappa shape index (κ1) is 8.74. The van der Waals surface area contributed by atoms with E-state index in [1.807, 2.05) is 19.1 Å². The number of carbonyl (C=O) groups is 1. The number of hydrogen-bond acceptors (Lipinski definition) is 3. The quantitative estimate of drug-likeness (QED) is 0.639. The third kappa shape index (κ3) is 1.16. The average molecular weight is 190 g/mol. The van der Waals surface area contributed by atoms with Gasteiger partial charge in [-0.05, 0) is 18.6 Å². The molecule has 0 aliphatic rings. The molecule has 0 bridgehead atoms. The molecule has 0 amide bonds. The summed E-state index contributed by atoms with van der Waals surface area (Å²) in [5.41, 5.74) is 2.32. The molecular formula is C10H10N2O2. The molecule has 0 aliphatic heterocycles. The Morgan fingerprint density at radius 2 is 2.36 bits per heavy atom. The van der Waals surface area contributed by atoms with Gasteiger partial charge in [0.2, 0.25) is 0 Å². The number of aryl methyl sites for hydroxylation is 1. The van der Waals surface area contributed by atoms with E-state index in [4.69, 9.17) is 0 Å². The van der Waals surface area contributed by atoms with Gasteiger partial charge in [0.1, 0.15) is 5.56 Å². The van der Waals surface area contributed by atoms with Gasteiger partial charge in [0.25, 0.3) is 0 Å². The molecule has 0 N–H and O–H groups in total. The van der Waals surface area contributed by atoms with Crippen LogP contribution in [0.15, 0.2) is 24.5 Å². The van der Waals surface area contributed by atoms with Gasteiger partial charge in [-0.25, -0.2) is 9.31 Å². The van der Waals surface area contributed by atoms with Crippen LogP contribution >= 0.6 is 0 Å². The largest absolute Gasteiger partial charge is 0.465 e. The van der Waals surface area contributed by atoms with Crippen LogP contribution in [0.25, 0.3) is 5.52 Å². The molecule has 4 heteroatoms. The maximum Gasteiger partial charge on any atom is 0.341 e. The zero-order chi connectivity index (χ0) is 10.1. The van der Waals surface area contributed by atoms with E-state index in [-0.39, 0.29) is 5.97 Å². The molecule has 0 fully saturated rings. The SMILES string of the molecule is COC(=O)c1cnn2cccc(C)c12. The number of pyridine rings is 1. The van der Waals surface area contributed by atoms with Gasteiger partial charge in [-0.1, -0.05) is 6.07 Å². The lowest BCUT2D eigenvalue weighted by molar-refractivity contribution is 0.0603. The van der Waals surface area contributed by atoms with Crippen LogP contribution in [-0.2, 0) is 4.74 Å². The third-order valence-corrected chi connectivity index (χ3v) is 2.15. The van der Waals surface area contributed by atoms with Crippen molar-refractivity contribution in [1.82, 2.24) is 9.61 Å². The highest BCUT2D eigenvalue weighted by atomic mass is 16.5. The van der Waals surface area contributed by atoms with Gasteiger partial charge in [-0.15, -0.1) is 0 Å². The van der Waals surface area contributed by atoms with Gasteiger partial charge in [0.05, 0.1) is 18.8 Å². The van der Waals surface area contributed by atoms with E-state index in [1.165, 1.54) is 13.3 Å². The molecule has 2 aromatic heterocycles. The number of hydrogen-bond donors (Lipinski definition) is 0. The van der Waals surface area contributed by atoms with Crippen molar-refractivity contribution in [2.75, 3.05) is 7.11 Å². The number of fused-ring (bicyclic) bond motifs is 1. The highest BCUT2D eigenvalue weighted by Gasteiger charge is 2.13. The summed E-state index contributed by atoms with van der Waals surface area (Å²) in [5.74, 6) is -0.352. The summed E-state index contributed by atoms with van der Waals surface area (Å²) in [6.45, 7) is 1.93. The molecular weight excluding hydrogens is 180 g/mol. The maximum atomic E-state index is 11.4. The van der Waals surface area contributed by atoms with Crippen LogP contribution in [0.5, 0.6) is 0 Å². The highest BCUT2D eigenvalue weighted by Crippen LogP contribution is 2.15. The van der Waals surface area contributed by atoms with Gasteiger partial charge in [0, 0.05) is 6.20 Å². The van der Waals surface area contributed by atoms with E-state index >= 15 is 0 Å². The first-order valence-electron chi connectivity index (χ1n) is 4.25. The lowest BCUT2D eigenvalue weighted by atomic mass is 10.2. The molecule has 2 heterocycles. The number of aromatic nitrogens is 2. The van der Waals surface area contributed by atoms with Gasteiger partial charge < -0.3 is 4.74 Å². The minimum absolute atomic E-state index is 0.352. The van der Waals surface area contributed by atoms with E-state index in [1.54, 1.807) is 10.7 Å². The van der Waals surface area contributed by atoms with Crippen LogP contribution in [0.1, 0.15) is 15.9 Å². The van der Waals surface area contributed by atoms with E-state index in [9.17, 15) is 4.79 Å². The standard InChI is InChI=1S/C10H10N2O2/c1-7-4-3-5-12-9(7)8(6-11-12)10(13)14-2/h3-6H,1-2H3. The van der Waals surface area contributed by atoms with Crippen molar-refractivity contribution in [2.24, 2.45) is 0 Å². The van der Waals surface area contributed by atoms with Crippen molar-refractivity contribution < 1.29 is 9.53 Å². The van der Waals surface area contributed by atoms with Crippen LogP contribution in [-0.4, -0.2) is 22.7 Å². The van der Waals surface area contributed by atoms with Crippen molar-refractivity contribution in [3.8, 4) is 0 Å². The van der Waals surface area contributed by atoms with Crippen molar-refractivity contribution in [2.45, 2.75) is 6.92 Å². The van der Waals surface area contributed by atoms with Gasteiger partial charge in [-0.3, -0.25) is 0 Å². The Balaban J connectivity index is 2.73. The molecule has 2 aromatic rings. The minimum atomic E-state index is -0.352. The third-order valence-electron chi connectivity index (χ3n) is 2.15. The van der Waals surface area contributed by atoms with Gasteiger partial charge >= 0.3 is 5.97 Å². The smallest absolute Gasteiger partial charge is 0.341 e. The lowest BCUT2D eigenvalue weighted by Crippen LogP contribution is -2.01. The first-order valence-corrected chi connectivity index (χ1v) is 4.25. The molecule has 0 atom stereocenters. The van der Waals surface area contributed by atoms with Crippen LogP contribution in [0.4, 0.5) is 0 Å². The van der Waals surface area contributed by atoms with Crippen LogP contribution < -0.4 is 0 Å². The molecule has 0 unspecified atom stereocenters. The fourth-order valence-corrected chi connectivity index (χ4v) is 1.48. The molecule has 0 saturated heterocycles. The van der Waals surface area contributed by atoms with E-state index in [2.05, 4.69) is 9.84 Å². The fourth-order valence-electron chi connectivity index (χ4n) is 1.48. The molecule has 0 saturated carbocycles. The predicted molar refractivity (Wildman–Crippen MR) is 51.3 cm³/mol. The Hall–Kier alpha value is -1.84. The summed E-state index contributed by atoms with van der Waals surface area (Å²) in [4.78, 5) is 11.4. The number of carbonyl (C=O) groups excluding carboxylic acids is 1. The van der Waals surface area contributed by atoms with Crippen molar-refractivity contribution in [3.63, 3.8) is 0 Å². The fraction of sp³-hybridized carbons (Fsp3) is 0.200. The van der Waals surface area contributed by atoms with Crippen LogP contribution in [0.3, 0.4) is 0 Å². The zero-order valence-corrected chi connectivity index (χ0v) is 8.02. The second-order valence-electron chi connectivity index (χ2n) is 3.03. The Morgan fingerprint density at radius 1 is 1.57 bits per heavy atom. The Morgan fingerprint density at radius 3 is 3.07 bits per heavy atom. The monoisotopic (exact) mass is 190 g/mol. The summed E-state index contributed by atoms with van der Waals surface area (Å²) >= 11 is 0. The summed E-state index contributed by atoms with van der Waals surface area (Å²) in [6.07, 6.45) is 3.32. The summed E-state index contributed by atoms with van der Waals surface area (Å²) in [7, 11) is 1.37. The van der Waals surface area contributed by atoms with E-state index in [0.717, 1.165) is 11.1 Å². The molecule has 72 valence electrons. The van der Waals surface area contributed by atoms with Gasteiger partial charge in [0.15, 0.2) is 0 Å². The van der Waals surface area contributed by atoms with Crippen molar-refractivity contribution >= 4 is 11.5 Å². The summed E-state index contributed by atoms with van der Waals surface area (Å²) < 4.78 is 6.33. The normalized spacial score (nSPS) is 10.4. The molecule has 2 rings (SSSR count). The average Bonchev–Trinajstić information content (AvgIpc) is 2.62. The number of nitrogens with zero attached hydrogens (tertiary/aromatic N) is 2. The Kier molecular flexibility index (Phi) is 1.96. The summed E-state index contributed by atoms with van der Waals surface area (Å²) in [5, 5.41) is 4.06. The Labute approximate surface area is 81.1 Å². The highest BCUT2D eigenvalue weighted by molar-refractivity contribution is 5.97. The second-order valence-corrected chi connectivity index (χ2v) is 3.03. The number of esters is 1. The van der Waals surface area contributed by atoms with Gasteiger partial charge in [-0.2, -0.15) is 5.10 Å². The summed E-state index contributed by atoms with van der Waals surface area (Å²) in [6, 6.07) is 3.82.